The first-order valence-electron chi connectivity index (χ1n) is 6.22. The summed E-state index contributed by atoms with van der Waals surface area (Å²) < 4.78 is 5.26. The molecule has 1 unspecified atom stereocenters. The molecule has 0 amide bonds. The molecule has 0 radical (unpaired) electrons. The minimum atomic E-state index is -0.450. The highest BCUT2D eigenvalue weighted by atomic mass is 16.6. The number of hydrogen-bond acceptors (Lipinski definition) is 6. The summed E-state index contributed by atoms with van der Waals surface area (Å²) in [5, 5.41) is 16.9. The number of anilines is 2. The van der Waals surface area contributed by atoms with Crippen LogP contribution >= 0.6 is 0 Å². The van der Waals surface area contributed by atoms with Crippen molar-refractivity contribution in [3.05, 3.63) is 46.4 Å². The fourth-order valence-electron chi connectivity index (χ4n) is 1.86. The monoisotopic (exact) mass is 276 g/mol. The number of nitrogens with zero attached hydrogens (tertiary/aromatic N) is 2. The van der Waals surface area contributed by atoms with Crippen LogP contribution in [0.5, 0.6) is 0 Å². The summed E-state index contributed by atoms with van der Waals surface area (Å²) in [5.41, 5.74) is -0.0460. The Kier molecular flexibility index (Phi) is 4.19. The van der Waals surface area contributed by atoms with E-state index in [0.29, 0.717) is 12.2 Å². The van der Waals surface area contributed by atoms with E-state index in [9.17, 15) is 10.1 Å². The molecule has 0 saturated heterocycles. The highest BCUT2D eigenvalue weighted by Gasteiger charge is 2.18. The van der Waals surface area contributed by atoms with Crippen molar-refractivity contribution in [1.29, 1.82) is 0 Å². The third-order valence-electron chi connectivity index (χ3n) is 2.80. The Hall–Kier alpha value is -2.57. The average Bonchev–Trinajstić information content (AvgIpc) is 2.90. The maximum absolute atomic E-state index is 11.0. The molecular weight excluding hydrogens is 260 g/mol. The van der Waals surface area contributed by atoms with E-state index in [1.807, 2.05) is 19.1 Å². The van der Waals surface area contributed by atoms with Crippen LogP contribution in [0.4, 0.5) is 17.3 Å². The first-order chi connectivity index (χ1) is 9.60. The Morgan fingerprint density at radius 1 is 1.45 bits per heavy atom. The molecule has 2 aromatic rings. The van der Waals surface area contributed by atoms with Gasteiger partial charge in [-0.3, -0.25) is 10.1 Å². The molecule has 0 aromatic carbocycles. The highest BCUT2D eigenvalue weighted by molar-refractivity contribution is 5.60. The van der Waals surface area contributed by atoms with Gasteiger partial charge in [0.15, 0.2) is 0 Å². The molecule has 0 saturated carbocycles. The first-order valence-corrected chi connectivity index (χ1v) is 6.22. The number of nitrogens with one attached hydrogen (secondary N) is 2. The standard InChI is InChI=1S/C13H16N4O3/c1-9(8-10-4-3-7-20-10)15-13-11(17(18)19)5-6-12(14-2)16-13/h3-7,9H,8H2,1-2H3,(H2,14,15,16). The molecule has 2 N–H and O–H groups in total. The number of furan rings is 1. The van der Waals surface area contributed by atoms with Crippen LogP contribution in [0.1, 0.15) is 12.7 Å². The molecule has 0 aliphatic carbocycles. The molecule has 106 valence electrons. The van der Waals surface area contributed by atoms with Crippen molar-refractivity contribution in [3.63, 3.8) is 0 Å². The predicted octanol–water partition coefficient (Wildman–Crippen LogP) is 2.67. The zero-order valence-electron chi connectivity index (χ0n) is 11.3. The van der Waals surface area contributed by atoms with E-state index in [1.54, 1.807) is 19.4 Å². The summed E-state index contributed by atoms with van der Waals surface area (Å²) in [4.78, 5) is 14.7. The van der Waals surface area contributed by atoms with E-state index in [1.165, 1.54) is 6.07 Å². The topological polar surface area (TPSA) is 93.2 Å². The molecule has 7 nitrogen and oxygen atoms in total. The van der Waals surface area contributed by atoms with Gasteiger partial charge in [0.1, 0.15) is 11.6 Å². The van der Waals surface area contributed by atoms with Gasteiger partial charge in [0.25, 0.3) is 0 Å². The van der Waals surface area contributed by atoms with Gasteiger partial charge < -0.3 is 15.1 Å². The summed E-state index contributed by atoms with van der Waals surface area (Å²) in [5.74, 6) is 1.64. The minimum Gasteiger partial charge on any atom is -0.469 e. The van der Waals surface area contributed by atoms with Crippen molar-refractivity contribution in [2.45, 2.75) is 19.4 Å². The third kappa shape index (κ3) is 3.25. The molecule has 7 heteroatoms. The number of rotatable bonds is 6. The van der Waals surface area contributed by atoms with E-state index in [0.717, 1.165) is 5.76 Å². The molecule has 2 heterocycles. The molecule has 20 heavy (non-hydrogen) atoms. The van der Waals surface area contributed by atoms with Gasteiger partial charge >= 0.3 is 5.69 Å². The van der Waals surface area contributed by atoms with Gasteiger partial charge in [0.05, 0.1) is 11.2 Å². The van der Waals surface area contributed by atoms with Crippen LogP contribution in [0.25, 0.3) is 0 Å². The van der Waals surface area contributed by atoms with Gasteiger partial charge in [-0.15, -0.1) is 0 Å². The summed E-state index contributed by atoms with van der Waals surface area (Å²) in [6, 6.07) is 6.63. The Labute approximate surface area is 116 Å². The highest BCUT2D eigenvalue weighted by Crippen LogP contribution is 2.24. The van der Waals surface area contributed by atoms with Gasteiger partial charge in [-0.2, -0.15) is 0 Å². The van der Waals surface area contributed by atoms with E-state index in [-0.39, 0.29) is 17.5 Å². The molecule has 1 atom stereocenters. The van der Waals surface area contributed by atoms with Crippen molar-refractivity contribution in [2.24, 2.45) is 0 Å². The second-order valence-electron chi connectivity index (χ2n) is 4.40. The van der Waals surface area contributed by atoms with Crippen LogP contribution in [0.15, 0.2) is 34.9 Å². The molecule has 2 aromatic heterocycles. The summed E-state index contributed by atoms with van der Waals surface area (Å²) in [6.45, 7) is 1.92. The fraction of sp³-hybridized carbons (Fsp3) is 0.308. The zero-order chi connectivity index (χ0) is 14.5. The Bertz CT molecular complexity index is 583. The molecule has 2 rings (SSSR count). The van der Waals surface area contributed by atoms with E-state index >= 15 is 0 Å². The molecule has 0 bridgehead atoms. The predicted molar refractivity (Wildman–Crippen MR) is 75.9 cm³/mol. The van der Waals surface area contributed by atoms with Crippen molar-refractivity contribution in [1.82, 2.24) is 4.98 Å². The number of hydrogen-bond donors (Lipinski definition) is 2. The maximum Gasteiger partial charge on any atom is 0.311 e. The normalized spacial score (nSPS) is 11.9. The van der Waals surface area contributed by atoms with E-state index in [4.69, 9.17) is 4.42 Å². The van der Waals surface area contributed by atoms with Gasteiger partial charge in [-0.1, -0.05) is 0 Å². The lowest BCUT2D eigenvalue weighted by molar-refractivity contribution is -0.384. The summed E-state index contributed by atoms with van der Waals surface area (Å²) in [6.07, 6.45) is 2.22. The van der Waals surface area contributed by atoms with Crippen LogP contribution in [0.3, 0.4) is 0 Å². The quantitative estimate of drug-likeness (QED) is 0.622. The number of nitro groups is 1. The SMILES string of the molecule is CNc1ccc([N+](=O)[O-])c(NC(C)Cc2ccco2)n1. The van der Waals surface area contributed by atoms with Crippen LogP contribution in [-0.2, 0) is 6.42 Å². The molecule has 0 aliphatic heterocycles. The van der Waals surface area contributed by atoms with Crippen molar-refractivity contribution < 1.29 is 9.34 Å². The summed E-state index contributed by atoms with van der Waals surface area (Å²) in [7, 11) is 1.71. The minimum absolute atomic E-state index is 0.0422. The van der Waals surface area contributed by atoms with E-state index < -0.39 is 4.92 Å². The van der Waals surface area contributed by atoms with Crippen LogP contribution in [0.2, 0.25) is 0 Å². The second-order valence-corrected chi connectivity index (χ2v) is 4.40. The van der Waals surface area contributed by atoms with Gasteiger partial charge in [0.2, 0.25) is 5.82 Å². The molecular formula is C13H16N4O3. The lowest BCUT2D eigenvalue weighted by atomic mass is 10.2. The Morgan fingerprint density at radius 3 is 2.85 bits per heavy atom. The van der Waals surface area contributed by atoms with Crippen molar-refractivity contribution in [3.8, 4) is 0 Å². The van der Waals surface area contributed by atoms with Gasteiger partial charge in [-0.05, 0) is 25.1 Å². The van der Waals surface area contributed by atoms with Crippen molar-refractivity contribution in [2.75, 3.05) is 17.7 Å². The Morgan fingerprint density at radius 2 is 2.25 bits per heavy atom. The molecule has 0 aliphatic rings. The lowest BCUT2D eigenvalue weighted by Gasteiger charge is -2.14. The zero-order valence-corrected chi connectivity index (χ0v) is 11.3. The number of aromatic nitrogens is 1. The molecule has 0 spiro atoms. The largest absolute Gasteiger partial charge is 0.469 e. The number of pyridine rings is 1. The van der Waals surface area contributed by atoms with Gasteiger partial charge in [-0.25, -0.2) is 4.98 Å². The second kappa shape index (κ2) is 6.05. The van der Waals surface area contributed by atoms with Crippen LogP contribution in [0, 0.1) is 10.1 Å². The van der Waals surface area contributed by atoms with Gasteiger partial charge in [0, 0.05) is 25.6 Å². The van der Waals surface area contributed by atoms with Crippen LogP contribution in [-0.4, -0.2) is 23.0 Å². The smallest absolute Gasteiger partial charge is 0.311 e. The lowest BCUT2D eigenvalue weighted by Crippen LogP contribution is -2.19. The van der Waals surface area contributed by atoms with E-state index in [2.05, 4.69) is 15.6 Å². The average molecular weight is 276 g/mol. The van der Waals surface area contributed by atoms with Crippen LogP contribution < -0.4 is 10.6 Å². The Balaban J connectivity index is 2.16. The maximum atomic E-state index is 11.0. The fourth-order valence-corrected chi connectivity index (χ4v) is 1.86. The summed E-state index contributed by atoms with van der Waals surface area (Å²) >= 11 is 0. The third-order valence-corrected chi connectivity index (χ3v) is 2.80. The molecule has 0 fully saturated rings. The van der Waals surface area contributed by atoms with Crippen molar-refractivity contribution >= 4 is 17.3 Å². The first kappa shape index (κ1) is 13.9.